The molecule has 362 valence electrons. The monoisotopic (exact) mass is 1060 g/mol. The molecule has 0 amide bonds. The number of aryl methyl sites for hydroxylation is 2. The van der Waals surface area contributed by atoms with Gasteiger partial charge in [0.2, 0.25) is 0 Å². The summed E-state index contributed by atoms with van der Waals surface area (Å²) in [5.41, 5.74) is 19.7. The molecule has 10 aromatic rings. The molecule has 8 nitrogen and oxygen atoms in total. The van der Waals surface area contributed by atoms with Crippen molar-refractivity contribution in [3.8, 4) is 89.5 Å². The van der Waals surface area contributed by atoms with Crippen molar-refractivity contribution in [3.05, 3.63) is 216 Å². The molecule has 1 aliphatic carbocycles. The van der Waals surface area contributed by atoms with Crippen LogP contribution in [0, 0.1) is 13.8 Å². The summed E-state index contributed by atoms with van der Waals surface area (Å²) in [4.78, 5) is 49.3. The Labute approximate surface area is 446 Å². The standard InChI is InChI=1S/C66H45N4O4.Pd/c1-37-21-25-39(26-22-37)53-57-45-13-5-6-14-46(45)58(67-57)54(40-27-23-38(2)24-28-40)60-48-16-8-10-18-50(48)62(69-60)56(42-31-35-44(36-32-42)66(72)74-4)64-52-20-12-11-19-51(52)63(70-64)55(41-29-33-43(34-30-41)65(71)73-3)61-49-17-9-7-15-47(49)59(53)68-61;/h5-36H,1-4H3,(H-,67,68,69,70,71,72);/q-1;+2/p-1. The van der Waals surface area contributed by atoms with Gasteiger partial charge >= 0.3 is 32.4 Å². The van der Waals surface area contributed by atoms with Gasteiger partial charge in [0, 0.05) is 22.3 Å². The molecule has 0 radical (unpaired) electrons. The Morgan fingerprint density at radius 3 is 0.840 bits per heavy atom. The van der Waals surface area contributed by atoms with Gasteiger partial charge in [0.05, 0.1) is 48.1 Å². The van der Waals surface area contributed by atoms with Gasteiger partial charge in [0.15, 0.2) is 0 Å². The number of hydrogen-bond acceptors (Lipinski definition) is 6. The molecule has 0 spiro atoms. The van der Waals surface area contributed by atoms with Crippen LogP contribution in [-0.2, 0) is 29.9 Å². The van der Waals surface area contributed by atoms with Crippen LogP contribution in [0.2, 0.25) is 0 Å². The second kappa shape index (κ2) is 18.8. The summed E-state index contributed by atoms with van der Waals surface area (Å²) in [5, 5.41) is 3.75. The smallest absolute Gasteiger partial charge is 0.656 e. The van der Waals surface area contributed by atoms with Crippen molar-refractivity contribution in [1.29, 1.82) is 0 Å². The Balaban J connectivity index is 0.00000569. The maximum atomic E-state index is 13.0. The Morgan fingerprint density at radius 2 is 0.587 bits per heavy atom. The average molecular weight is 1060 g/mol. The fraction of sp³-hybridized carbons (Fsp3) is 0.0606. The van der Waals surface area contributed by atoms with E-state index in [9.17, 15) is 9.59 Å². The first-order chi connectivity index (χ1) is 36.3. The minimum Gasteiger partial charge on any atom is -0.656 e. The van der Waals surface area contributed by atoms with Crippen molar-refractivity contribution >= 4 is 55.6 Å². The van der Waals surface area contributed by atoms with Crippen LogP contribution in [0.5, 0.6) is 0 Å². The third-order valence-corrected chi connectivity index (χ3v) is 14.4. The molecule has 0 saturated carbocycles. The summed E-state index contributed by atoms with van der Waals surface area (Å²) in [7, 11) is 2.77. The fourth-order valence-corrected chi connectivity index (χ4v) is 10.8. The number of nitrogens with zero attached hydrogens (tertiary/aromatic N) is 4. The van der Waals surface area contributed by atoms with Crippen molar-refractivity contribution in [2.24, 2.45) is 0 Å². The predicted molar refractivity (Wildman–Crippen MR) is 297 cm³/mol. The van der Waals surface area contributed by atoms with E-state index in [1.807, 2.05) is 36.4 Å². The maximum Gasteiger partial charge on any atom is 2.00 e. The first kappa shape index (κ1) is 47.0. The van der Waals surface area contributed by atoms with Gasteiger partial charge in [0.25, 0.3) is 0 Å². The van der Waals surface area contributed by atoms with Crippen LogP contribution in [-0.4, -0.2) is 36.1 Å². The topological polar surface area (TPSA) is 107 Å². The van der Waals surface area contributed by atoms with E-state index in [4.69, 9.17) is 29.4 Å². The van der Waals surface area contributed by atoms with Gasteiger partial charge in [-0.05, 0) is 104 Å². The van der Waals surface area contributed by atoms with Crippen LogP contribution in [0.3, 0.4) is 0 Å². The van der Waals surface area contributed by atoms with Crippen molar-refractivity contribution < 1.29 is 39.5 Å². The summed E-state index contributed by atoms with van der Waals surface area (Å²) in [6, 6.07) is 65.8. The van der Waals surface area contributed by atoms with Crippen LogP contribution in [0.1, 0.15) is 31.8 Å². The van der Waals surface area contributed by atoms with Gasteiger partial charge in [-0.25, -0.2) is 19.6 Å². The SMILES string of the molecule is COC(=O)c1ccc(-c2c3nc(c(-c4ccc(C)cc4)c4[n-]c(c(-c5ccc(C)cc5)c5nc(c(-c6ccc(C(=O)OC)cc6)c6[n-]c2c2ccccc62)-c2ccccc2-5)c2ccccc42)-c2ccccc2-3)cc1.[Pd+2]. The molecule has 2 aromatic heterocycles. The quantitative estimate of drug-likeness (QED) is 0.120. The van der Waals surface area contributed by atoms with Gasteiger partial charge in [-0.2, -0.15) is 0 Å². The molecule has 0 saturated heterocycles. The van der Waals surface area contributed by atoms with Crippen molar-refractivity contribution in [3.63, 3.8) is 0 Å². The van der Waals surface area contributed by atoms with E-state index in [-0.39, 0.29) is 20.4 Å². The number of ether oxygens (including phenoxy) is 2. The molecule has 13 rings (SSSR count). The molecule has 0 unspecified atom stereocenters. The Hall–Kier alpha value is -9.00. The van der Waals surface area contributed by atoms with Crippen LogP contribution < -0.4 is 9.97 Å². The van der Waals surface area contributed by atoms with Gasteiger partial charge in [-0.15, -0.1) is 22.1 Å². The van der Waals surface area contributed by atoms with Crippen LogP contribution in [0.4, 0.5) is 0 Å². The zero-order valence-corrected chi connectivity index (χ0v) is 42.8. The van der Waals surface area contributed by atoms with E-state index >= 15 is 0 Å². The van der Waals surface area contributed by atoms with Gasteiger partial charge in [-0.3, -0.25) is 0 Å². The van der Waals surface area contributed by atoms with E-state index in [0.29, 0.717) is 22.2 Å². The molecule has 8 bridgehead atoms. The summed E-state index contributed by atoms with van der Waals surface area (Å²) >= 11 is 0. The summed E-state index contributed by atoms with van der Waals surface area (Å²) in [6.45, 7) is 4.20. The minimum absolute atomic E-state index is 0. The first-order valence-corrected chi connectivity index (χ1v) is 24.5. The van der Waals surface area contributed by atoms with Crippen LogP contribution in [0.25, 0.3) is 133 Å². The molecule has 8 aromatic carbocycles. The number of esters is 2. The number of hydrogen-bond donors (Lipinski definition) is 0. The second-order valence-corrected chi connectivity index (χ2v) is 18.8. The number of methoxy groups -OCH3 is 2. The Kier molecular flexibility index (Phi) is 11.8. The molecular formula is C66H44N4O4Pd. The Bertz CT molecular complexity index is 4030. The minimum atomic E-state index is -0.432. The molecule has 0 atom stereocenters. The van der Waals surface area contributed by atoms with Crippen molar-refractivity contribution in [2.45, 2.75) is 13.8 Å². The molecule has 2 aliphatic heterocycles. The fourth-order valence-electron chi connectivity index (χ4n) is 10.8. The number of rotatable bonds is 6. The van der Waals surface area contributed by atoms with E-state index in [0.717, 1.165) is 133 Å². The molecule has 4 heterocycles. The average Bonchev–Trinajstić information content (AvgIpc) is 4.23. The van der Waals surface area contributed by atoms with Crippen LogP contribution in [0.15, 0.2) is 194 Å². The number of aromatic nitrogens is 4. The molecule has 9 heteroatoms. The summed E-state index contributed by atoms with van der Waals surface area (Å²) in [5.74, 6) is -0.865. The maximum absolute atomic E-state index is 13.0. The van der Waals surface area contributed by atoms with E-state index < -0.39 is 11.9 Å². The van der Waals surface area contributed by atoms with Crippen LogP contribution >= 0.6 is 0 Å². The van der Waals surface area contributed by atoms with Gasteiger partial charge in [0.1, 0.15) is 0 Å². The largest absolute Gasteiger partial charge is 2.00 e. The van der Waals surface area contributed by atoms with Gasteiger partial charge < -0.3 is 19.4 Å². The summed E-state index contributed by atoms with van der Waals surface area (Å²) in [6.07, 6.45) is 0. The van der Waals surface area contributed by atoms with Gasteiger partial charge in [-0.1, -0.05) is 181 Å². The van der Waals surface area contributed by atoms with E-state index in [2.05, 4.69) is 147 Å². The zero-order chi connectivity index (χ0) is 50.2. The normalized spacial score (nSPS) is 11.5. The summed E-state index contributed by atoms with van der Waals surface area (Å²) < 4.78 is 10.3. The number of carbonyl (C=O) groups is 2. The third-order valence-electron chi connectivity index (χ3n) is 14.4. The molecule has 3 aliphatic rings. The molecule has 0 fully saturated rings. The number of benzene rings is 8. The van der Waals surface area contributed by atoms with Crippen molar-refractivity contribution in [1.82, 2.24) is 19.9 Å². The zero-order valence-electron chi connectivity index (χ0n) is 41.2. The molecular weight excluding hydrogens is 1020 g/mol. The van der Waals surface area contributed by atoms with E-state index in [1.165, 1.54) is 14.2 Å². The molecule has 75 heavy (non-hydrogen) atoms. The Morgan fingerprint density at radius 1 is 0.347 bits per heavy atom. The van der Waals surface area contributed by atoms with Crippen molar-refractivity contribution in [2.75, 3.05) is 14.2 Å². The molecule has 0 N–H and O–H groups in total. The van der Waals surface area contributed by atoms with E-state index in [1.54, 1.807) is 24.3 Å². The second-order valence-electron chi connectivity index (χ2n) is 18.8. The predicted octanol–water partition coefficient (Wildman–Crippen LogP) is 15.4. The number of carbonyl (C=O) groups excluding carboxylic acids is 2. The third kappa shape index (κ3) is 7.70. The first-order valence-electron chi connectivity index (χ1n) is 24.5.